The number of benzene rings is 1. The molecule has 0 aromatic heterocycles. The van der Waals surface area contributed by atoms with Crippen molar-refractivity contribution in [2.75, 3.05) is 37.6 Å². The number of allylic oxidation sites excluding steroid dienone is 1. The summed E-state index contributed by atoms with van der Waals surface area (Å²) >= 11 is 1.84. The van der Waals surface area contributed by atoms with Crippen LogP contribution >= 0.6 is 33.3 Å². The number of carbonyl (C=O) groups excluding carboxylic acids is 7. The lowest BCUT2D eigenvalue weighted by Gasteiger charge is -2.18. The van der Waals surface area contributed by atoms with Crippen LogP contribution in [-0.2, 0) is 47.8 Å². The van der Waals surface area contributed by atoms with Crippen LogP contribution in [0.25, 0.3) is 0 Å². The maximum atomic E-state index is 11.8. The van der Waals surface area contributed by atoms with Gasteiger partial charge in [-0.05, 0) is 65.7 Å². The van der Waals surface area contributed by atoms with Gasteiger partial charge >= 0.3 is 17.9 Å². The van der Waals surface area contributed by atoms with Crippen molar-refractivity contribution in [1.82, 2.24) is 0 Å². The first-order chi connectivity index (χ1) is 30.1. The Morgan fingerprint density at radius 3 is 1.63 bits per heavy atom. The molecule has 0 spiro atoms. The van der Waals surface area contributed by atoms with Crippen LogP contribution in [0.2, 0.25) is 0 Å². The van der Waals surface area contributed by atoms with Crippen LogP contribution in [0.4, 0.5) is 5.69 Å². The molecule has 0 saturated heterocycles. The SMILES string of the molecule is CC(=O)/C(C(=O)O)=C(\C)C(=O)C(C)C.CC(=O)CCSC(C)C.CC(=O)CCSSCCOC(=O)C(C)C.COc1cc(C(C)OC(=O)C(C)C)c([N+](=O)[O-])cc1OCCCCC(C)=O. The number of hydrogen-bond acceptors (Lipinski definition) is 17. The Bertz CT molecular complexity index is 1720. The first-order valence-corrected chi connectivity index (χ1v) is 24.9. The third-order valence-corrected chi connectivity index (χ3v) is 11.6. The van der Waals surface area contributed by atoms with Gasteiger partial charge in [0.05, 0.1) is 42.1 Å². The molecule has 0 saturated carbocycles. The van der Waals surface area contributed by atoms with Gasteiger partial charge in [-0.2, -0.15) is 11.8 Å². The molecule has 0 aliphatic rings. The number of carboxylic acids is 1. The Morgan fingerprint density at radius 2 is 1.20 bits per heavy atom. The van der Waals surface area contributed by atoms with Gasteiger partial charge in [-0.15, -0.1) is 0 Å². The van der Waals surface area contributed by atoms with E-state index in [9.17, 15) is 48.5 Å². The Labute approximate surface area is 397 Å². The van der Waals surface area contributed by atoms with Crippen LogP contribution < -0.4 is 9.47 Å². The Kier molecular flexibility index (Phi) is 37.0. The normalized spacial score (nSPS) is 11.4. The molecule has 19 heteroatoms. The Balaban J connectivity index is -0.000000861. The van der Waals surface area contributed by atoms with Crippen LogP contribution in [0.1, 0.15) is 141 Å². The summed E-state index contributed by atoms with van der Waals surface area (Å²) in [4.78, 5) is 98.8. The molecule has 1 aromatic rings. The highest BCUT2D eigenvalue weighted by atomic mass is 33.1. The second-order valence-corrected chi connectivity index (χ2v) is 20.1. The van der Waals surface area contributed by atoms with E-state index in [-0.39, 0.29) is 63.6 Å². The fraction of sp³-hybridized carbons (Fsp3) is 0.652. The van der Waals surface area contributed by atoms with Gasteiger partial charge in [-0.3, -0.25) is 38.9 Å². The van der Waals surface area contributed by atoms with Gasteiger partial charge in [0.2, 0.25) is 0 Å². The van der Waals surface area contributed by atoms with Crippen LogP contribution in [0, 0.1) is 27.9 Å². The van der Waals surface area contributed by atoms with Gasteiger partial charge in [0.1, 0.15) is 35.6 Å². The van der Waals surface area contributed by atoms with E-state index < -0.39 is 34.3 Å². The zero-order valence-corrected chi connectivity index (χ0v) is 43.4. The van der Waals surface area contributed by atoms with E-state index in [4.69, 9.17) is 24.1 Å². The topological polar surface area (TPSA) is 237 Å². The zero-order chi connectivity index (χ0) is 51.0. The Morgan fingerprint density at radius 1 is 0.677 bits per heavy atom. The lowest BCUT2D eigenvalue weighted by atomic mass is 9.96. The fourth-order valence-corrected chi connectivity index (χ4v) is 7.36. The highest BCUT2D eigenvalue weighted by Crippen LogP contribution is 2.39. The number of thioether (sulfide) groups is 1. The average molecular weight is 976 g/mol. The maximum absolute atomic E-state index is 11.8. The molecule has 0 amide bonds. The van der Waals surface area contributed by atoms with Crippen LogP contribution in [0.3, 0.4) is 0 Å². The number of Topliss-reactive ketones (excluding diaryl/α,β-unsaturated/α-hetero) is 5. The molecule has 0 fully saturated rings. The van der Waals surface area contributed by atoms with E-state index in [1.54, 1.807) is 70.1 Å². The lowest BCUT2D eigenvalue weighted by molar-refractivity contribution is -0.386. The molecule has 370 valence electrons. The zero-order valence-electron chi connectivity index (χ0n) is 40.9. The summed E-state index contributed by atoms with van der Waals surface area (Å²) in [6, 6.07) is 2.74. The largest absolute Gasteiger partial charge is 0.493 e. The first-order valence-electron chi connectivity index (χ1n) is 21.3. The summed E-state index contributed by atoms with van der Waals surface area (Å²) in [6.07, 6.45) is 2.32. The van der Waals surface area contributed by atoms with E-state index in [1.165, 1.54) is 33.1 Å². The summed E-state index contributed by atoms with van der Waals surface area (Å²) in [5.41, 5.74) is -0.364. The minimum atomic E-state index is -1.34. The number of unbranched alkanes of at least 4 members (excludes halogenated alkanes) is 1. The molecule has 0 aliphatic heterocycles. The number of carbonyl (C=O) groups is 8. The molecular weight excluding hydrogens is 903 g/mol. The smallest absolute Gasteiger partial charge is 0.339 e. The van der Waals surface area contributed by atoms with E-state index in [0.29, 0.717) is 55.7 Å². The summed E-state index contributed by atoms with van der Waals surface area (Å²) in [6.45, 7) is 24.2. The predicted molar refractivity (Wildman–Crippen MR) is 259 cm³/mol. The maximum Gasteiger partial charge on any atom is 0.339 e. The monoisotopic (exact) mass is 975 g/mol. The molecule has 16 nitrogen and oxygen atoms in total. The Hall–Kier alpha value is -4.23. The quantitative estimate of drug-likeness (QED) is 0.0126. The van der Waals surface area contributed by atoms with Crippen LogP contribution in [0.15, 0.2) is 23.3 Å². The number of ketones is 5. The number of nitro benzene ring substituents is 1. The van der Waals surface area contributed by atoms with Gasteiger partial charge < -0.3 is 28.8 Å². The molecule has 0 aliphatic carbocycles. The van der Waals surface area contributed by atoms with Crippen molar-refractivity contribution in [2.24, 2.45) is 17.8 Å². The van der Waals surface area contributed by atoms with Crippen LogP contribution in [-0.4, -0.2) is 99.7 Å². The predicted octanol–water partition coefficient (Wildman–Crippen LogP) is 9.86. The molecule has 1 N–H and O–H groups in total. The molecular formula is C46H73NO15S3. The molecule has 0 bridgehead atoms. The fourth-order valence-electron chi connectivity index (χ4n) is 4.57. The minimum absolute atomic E-state index is 0.0278. The van der Waals surface area contributed by atoms with Gasteiger partial charge in [-0.1, -0.05) is 77.0 Å². The number of nitrogens with zero attached hydrogens (tertiary/aromatic N) is 1. The summed E-state index contributed by atoms with van der Waals surface area (Å²) < 4.78 is 21.2. The number of carboxylic acid groups (broad SMARTS) is 1. The third kappa shape index (κ3) is 33.0. The second kappa shape index (κ2) is 36.9. The number of ether oxygens (including phenoxy) is 4. The number of hydrogen-bond donors (Lipinski definition) is 1. The number of aliphatic carboxylic acids is 1. The molecule has 0 radical (unpaired) electrons. The number of esters is 2. The highest BCUT2D eigenvalue weighted by Gasteiger charge is 2.27. The summed E-state index contributed by atoms with van der Waals surface area (Å²) in [5, 5.41) is 20.9. The van der Waals surface area contributed by atoms with Crippen molar-refractivity contribution in [2.45, 2.75) is 140 Å². The van der Waals surface area contributed by atoms with Gasteiger partial charge in [0, 0.05) is 48.0 Å². The van der Waals surface area contributed by atoms with E-state index >= 15 is 0 Å². The van der Waals surface area contributed by atoms with Crippen LogP contribution in [0.5, 0.6) is 11.5 Å². The highest BCUT2D eigenvalue weighted by molar-refractivity contribution is 8.76. The third-order valence-electron chi connectivity index (χ3n) is 8.14. The lowest BCUT2D eigenvalue weighted by Crippen LogP contribution is -2.18. The number of rotatable bonds is 27. The molecule has 1 atom stereocenters. The van der Waals surface area contributed by atoms with Gasteiger partial charge in [-0.25, -0.2) is 4.79 Å². The molecule has 1 unspecified atom stereocenters. The molecule has 65 heavy (non-hydrogen) atoms. The summed E-state index contributed by atoms with van der Waals surface area (Å²) in [7, 11) is 4.71. The second-order valence-electron chi connectivity index (χ2n) is 15.7. The van der Waals surface area contributed by atoms with E-state index in [0.717, 1.165) is 30.6 Å². The minimum Gasteiger partial charge on any atom is -0.493 e. The van der Waals surface area contributed by atoms with Crippen molar-refractivity contribution in [1.29, 1.82) is 0 Å². The van der Waals surface area contributed by atoms with Crippen molar-refractivity contribution >= 4 is 85.9 Å². The summed E-state index contributed by atoms with van der Waals surface area (Å²) in [5.74, 6) is 0.223. The first kappa shape index (κ1) is 65.1. The standard InChI is InChI=1S/C19H27NO7.C10H14O4.C10H18O3S2.C7H14OS/c1-12(2)19(22)27-14(4)15-10-17(25-5)18(11-16(15)20(23)24)26-9-7-6-8-13(3)21;1-5(2)9(12)6(3)8(7(4)11)10(13)14;1-8(2)10(12)13-5-7-15-14-6-4-9(3)11;1-6(2)9-5-4-7(3)8/h10-12,14H,6-9H2,1-5H3;5H,1-4H3,(H,13,14);8H,4-7H2,1-3H3;6H,4-5H2,1-3H3/b;8-6-;;. The van der Waals surface area contributed by atoms with Crippen molar-refractivity contribution in [3.05, 3.63) is 39.0 Å². The molecule has 0 heterocycles. The number of methoxy groups -OCH3 is 1. The van der Waals surface area contributed by atoms with E-state index in [2.05, 4.69) is 13.8 Å². The van der Waals surface area contributed by atoms with Crippen molar-refractivity contribution in [3.8, 4) is 11.5 Å². The van der Waals surface area contributed by atoms with Crippen molar-refractivity contribution in [3.63, 3.8) is 0 Å². The average Bonchev–Trinajstić information content (AvgIpc) is 3.19. The van der Waals surface area contributed by atoms with Gasteiger partial charge in [0.25, 0.3) is 5.69 Å². The van der Waals surface area contributed by atoms with E-state index in [1.807, 2.05) is 25.6 Å². The molecule has 1 rings (SSSR count). The molecule has 1 aromatic carbocycles. The van der Waals surface area contributed by atoms with Crippen molar-refractivity contribution < 1.29 is 67.3 Å². The number of nitro groups is 1. The van der Waals surface area contributed by atoms with Gasteiger partial charge in [0.15, 0.2) is 23.1 Å².